The van der Waals surface area contributed by atoms with Crippen LogP contribution in [-0.2, 0) is 4.79 Å². The van der Waals surface area contributed by atoms with E-state index < -0.39 is 0 Å². The Bertz CT molecular complexity index is 371. The summed E-state index contributed by atoms with van der Waals surface area (Å²) in [5.41, 5.74) is 0. The quantitative estimate of drug-likeness (QED) is 0.459. The van der Waals surface area contributed by atoms with Gasteiger partial charge in [0.25, 0.3) is 0 Å². The smallest absolute Gasteiger partial charge is 0.219 e. The number of rotatable bonds is 5. The Morgan fingerprint density at radius 1 is 1.05 bits per heavy atom. The molecule has 1 amide bonds. The third kappa shape index (κ3) is 5.16. The van der Waals surface area contributed by atoms with Gasteiger partial charge >= 0.3 is 0 Å². The highest BCUT2D eigenvalue weighted by Crippen LogP contribution is 2.07. The summed E-state index contributed by atoms with van der Waals surface area (Å²) in [5, 5.41) is 3.38. The van der Waals surface area contributed by atoms with Crippen molar-refractivity contribution in [2.24, 2.45) is 4.99 Å². The summed E-state index contributed by atoms with van der Waals surface area (Å²) in [4.78, 5) is 22.9. The molecule has 2 aliphatic heterocycles. The van der Waals surface area contributed by atoms with Gasteiger partial charge in [0.1, 0.15) is 0 Å². The van der Waals surface area contributed by atoms with E-state index in [0.717, 1.165) is 51.6 Å². The van der Waals surface area contributed by atoms with E-state index in [1.54, 1.807) is 6.92 Å². The maximum absolute atomic E-state index is 11.4. The van der Waals surface area contributed by atoms with E-state index in [1.807, 2.05) is 4.90 Å². The number of nitrogens with one attached hydrogen (secondary N) is 1. The van der Waals surface area contributed by atoms with Crippen molar-refractivity contribution in [2.45, 2.75) is 33.1 Å². The maximum Gasteiger partial charge on any atom is 0.219 e. The molecule has 2 fully saturated rings. The Morgan fingerprint density at radius 3 is 2.27 bits per heavy atom. The predicted molar refractivity (Wildman–Crippen MR) is 90.1 cm³/mol. The van der Waals surface area contributed by atoms with E-state index in [0.29, 0.717) is 0 Å². The fourth-order valence-corrected chi connectivity index (χ4v) is 3.14. The maximum atomic E-state index is 11.4. The van der Waals surface area contributed by atoms with E-state index in [1.165, 1.54) is 32.5 Å². The molecule has 0 atom stereocenters. The largest absolute Gasteiger partial charge is 0.357 e. The van der Waals surface area contributed by atoms with Gasteiger partial charge in [0.05, 0.1) is 0 Å². The second-order valence-corrected chi connectivity index (χ2v) is 6.13. The SMILES string of the molecule is CCNC(=NCCCN1CCCC1)N1CCN(C(C)=O)CC1. The first-order chi connectivity index (χ1) is 10.7. The highest BCUT2D eigenvalue weighted by molar-refractivity contribution is 5.80. The second-order valence-electron chi connectivity index (χ2n) is 6.13. The van der Waals surface area contributed by atoms with Crippen LogP contribution in [0.4, 0.5) is 0 Å². The van der Waals surface area contributed by atoms with Gasteiger partial charge in [-0.25, -0.2) is 0 Å². The number of hydrogen-bond donors (Lipinski definition) is 1. The van der Waals surface area contributed by atoms with Gasteiger partial charge in [0, 0.05) is 46.2 Å². The minimum atomic E-state index is 0.173. The summed E-state index contributed by atoms with van der Waals surface area (Å²) in [6, 6.07) is 0. The molecule has 2 heterocycles. The van der Waals surface area contributed by atoms with Gasteiger partial charge in [0.2, 0.25) is 5.91 Å². The first-order valence-corrected chi connectivity index (χ1v) is 8.72. The molecule has 0 aromatic carbocycles. The van der Waals surface area contributed by atoms with Crippen LogP contribution in [0, 0.1) is 0 Å². The molecule has 6 nitrogen and oxygen atoms in total. The molecular formula is C16H31N5O. The van der Waals surface area contributed by atoms with Crippen LogP contribution in [0.3, 0.4) is 0 Å². The fraction of sp³-hybridized carbons (Fsp3) is 0.875. The molecule has 0 saturated carbocycles. The summed E-state index contributed by atoms with van der Waals surface area (Å²) < 4.78 is 0. The monoisotopic (exact) mass is 309 g/mol. The molecule has 0 radical (unpaired) electrons. The van der Waals surface area contributed by atoms with Crippen LogP contribution in [0.25, 0.3) is 0 Å². The Labute approximate surface area is 134 Å². The zero-order valence-corrected chi connectivity index (χ0v) is 14.2. The molecule has 0 aliphatic carbocycles. The van der Waals surface area contributed by atoms with Gasteiger partial charge in [-0.05, 0) is 45.8 Å². The van der Waals surface area contributed by atoms with Crippen LogP contribution in [0.1, 0.15) is 33.1 Å². The lowest BCUT2D eigenvalue weighted by Gasteiger charge is -2.36. The number of guanidine groups is 1. The lowest BCUT2D eigenvalue weighted by atomic mass is 10.3. The van der Waals surface area contributed by atoms with Crippen LogP contribution in [-0.4, -0.2) is 85.5 Å². The van der Waals surface area contributed by atoms with Gasteiger partial charge in [-0.15, -0.1) is 0 Å². The zero-order chi connectivity index (χ0) is 15.8. The summed E-state index contributed by atoms with van der Waals surface area (Å²) in [7, 11) is 0. The summed E-state index contributed by atoms with van der Waals surface area (Å²) in [6.07, 6.45) is 3.83. The van der Waals surface area contributed by atoms with Crippen molar-refractivity contribution in [1.29, 1.82) is 0 Å². The zero-order valence-electron chi connectivity index (χ0n) is 14.2. The summed E-state index contributed by atoms with van der Waals surface area (Å²) in [5.74, 6) is 1.18. The van der Waals surface area contributed by atoms with Crippen LogP contribution < -0.4 is 5.32 Å². The van der Waals surface area contributed by atoms with E-state index in [-0.39, 0.29) is 5.91 Å². The molecule has 0 aromatic heterocycles. The first kappa shape index (κ1) is 17.1. The molecule has 1 N–H and O–H groups in total. The Morgan fingerprint density at radius 2 is 1.68 bits per heavy atom. The molecule has 0 bridgehead atoms. The highest BCUT2D eigenvalue weighted by Gasteiger charge is 2.20. The Balaban J connectivity index is 1.75. The number of amides is 1. The number of carbonyl (C=O) groups excluding carboxylic acids is 1. The standard InChI is InChI=1S/C16H31N5O/c1-3-17-16(18-7-6-10-19-8-4-5-9-19)21-13-11-20(12-14-21)15(2)22/h3-14H2,1-2H3,(H,17,18). The van der Waals surface area contributed by atoms with Gasteiger partial charge in [-0.3, -0.25) is 9.79 Å². The van der Waals surface area contributed by atoms with Crippen LogP contribution in [0.15, 0.2) is 4.99 Å². The Hall–Kier alpha value is -1.30. The fourth-order valence-electron chi connectivity index (χ4n) is 3.14. The molecular weight excluding hydrogens is 278 g/mol. The average molecular weight is 309 g/mol. The van der Waals surface area contributed by atoms with Gasteiger partial charge in [-0.2, -0.15) is 0 Å². The van der Waals surface area contributed by atoms with Crippen molar-refractivity contribution < 1.29 is 4.79 Å². The van der Waals surface area contributed by atoms with E-state index in [9.17, 15) is 4.79 Å². The number of hydrogen-bond acceptors (Lipinski definition) is 3. The van der Waals surface area contributed by atoms with Crippen LogP contribution in [0.5, 0.6) is 0 Å². The molecule has 22 heavy (non-hydrogen) atoms. The minimum Gasteiger partial charge on any atom is -0.357 e. The van der Waals surface area contributed by atoms with Gasteiger partial charge < -0.3 is 20.0 Å². The van der Waals surface area contributed by atoms with Crippen LogP contribution in [0.2, 0.25) is 0 Å². The second kappa shape index (κ2) is 8.98. The minimum absolute atomic E-state index is 0.173. The van der Waals surface area contributed by atoms with Gasteiger partial charge in [-0.1, -0.05) is 0 Å². The molecule has 2 rings (SSSR count). The molecule has 0 unspecified atom stereocenters. The first-order valence-electron chi connectivity index (χ1n) is 8.72. The molecule has 2 saturated heterocycles. The Kier molecular flexibility index (Phi) is 6.96. The number of aliphatic imine (C=N–C) groups is 1. The lowest BCUT2D eigenvalue weighted by molar-refractivity contribution is -0.130. The number of nitrogens with zero attached hydrogens (tertiary/aromatic N) is 4. The third-order valence-electron chi connectivity index (χ3n) is 4.45. The predicted octanol–water partition coefficient (Wildman–Crippen LogP) is 0.602. The van der Waals surface area contributed by atoms with Crippen molar-refractivity contribution in [3.63, 3.8) is 0 Å². The molecule has 0 spiro atoms. The molecule has 2 aliphatic rings. The number of likely N-dealkylation sites (tertiary alicyclic amines) is 1. The number of carbonyl (C=O) groups is 1. The summed E-state index contributed by atoms with van der Waals surface area (Å²) in [6.45, 7) is 12.5. The van der Waals surface area contributed by atoms with Crippen LogP contribution >= 0.6 is 0 Å². The highest BCUT2D eigenvalue weighted by atomic mass is 16.2. The van der Waals surface area contributed by atoms with Crippen molar-refractivity contribution in [3.8, 4) is 0 Å². The van der Waals surface area contributed by atoms with Crippen molar-refractivity contribution in [2.75, 3.05) is 58.9 Å². The van der Waals surface area contributed by atoms with Crippen molar-refractivity contribution >= 4 is 11.9 Å². The molecule has 6 heteroatoms. The summed E-state index contributed by atoms with van der Waals surface area (Å²) >= 11 is 0. The van der Waals surface area contributed by atoms with Crippen molar-refractivity contribution in [3.05, 3.63) is 0 Å². The topological polar surface area (TPSA) is 51.2 Å². The van der Waals surface area contributed by atoms with E-state index in [2.05, 4.69) is 22.0 Å². The normalized spacial score (nSPS) is 20.5. The number of piperazine rings is 1. The average Bonchev–Trinajstić information content (AvgIpc) is 3.04. The third-order valence-corrected chi connectivity index (χ3v) is 4.45. The van der Waals surface area contributed by atoms with Gasteiger partial charge in [0.15, 0.2) is 5.96 Å². The van der Waals surface area contributed by atoms with Crippen molar-refractivity contribution in [1.82, 2.24) is 20.0 Å². The lowest BCUT2D eigenvalue weighted by Crippen LogP contribution is -2.53. The van der Waals surface area contributed by atoms with E-state index in [4.69, 9.17) is 4.99 Å². The molecule has 126 valence electrons. The van der Waals surface area contributed by atoms with E-state index >= 15 is 0 Å². The molecule has 0 aromatic rings.